The normalized spacial score (nSPS) is 14.0. The van der Waals surface area contributed by atoms with Crippen LogP contribution < -0.4 is 10.6 Å². The Bertz CT molecular complexity index is 489. The molecule has 1 aromatic rings. The van der Waals surface area contributed by atoms with E-state index in [4.69, 9.17) is 0 Å². The van der Waals surface area contributed by atoms with Crippen molar-refractivity contribution in [1.29, 1.82) is 0 Å². The smallest absolute Gasteiger partial charge is 0.191 e. The largest absolute Gasteiger partial charge is 0.357 e. The Kier molecular flexibility index (Phi) is 7.39. The molecule has 0 saturated carbocycles. The van der Waals surface area contributed by atoms with Gasteiger partial charge in [-0.1, -0.05) is 0 Å². The van der Waals surface area contributed by atoms with Crippen LogP contribution in [0, 0.1) is 6.92 Å². The second kappa shape index (κ2) is 8.54. The maximum absolute atomic E-state index is 12.0. The number of aryl methyl sites for hydroxylation is 1. The third kappa shape index (κ3) is 6.61. The highest BCUT2D eigenvalue weighted by Crippen LogP contribution is 2.16. The van der Waals surface area contributed by atoms with Crippen molar-refractivity contribution in [3.8, 4) is 0 Å². The standard InChI is InChI=1S/C15H27N3OS2/c1-6-16-14(17-8-10-21(19)15(3,4)5)18-11-13-12(2)7-9-20-13/h7,9H,6,8,10-11H2,1-5H3,(H2,16,17,18). The van der Waals surface area contributed by atoms with Crippen molar-refractivity contribution in [1.82, 2.24) is 10.6 Å². The number of nitrogens with zero attached hydrogens (tertiary/aromatic N) is 1. The fourth-order valence-corrected chi connectivity index (χ4v) is 3.36. The molecule has 1 rings (SSSR count). The van der Waals surface area contributed by atoms with Crippen molar-refractivity contribution >= 4 is 28.1 Å². The molecular formula is C15H27N3OS2. The van der Waals surface area contributed by atoms with E-state index in [0.717, 1.165) is 12.5 Å². The lowest BCUT2D eigenvalue weighted by atomic mass is 10.3. The monoisotopic (exact) mass is 329 g/mol. The van der Waals surface area contributed by atoms with Crippen LogP contribution in [0.3, 0.4) is 0 Å². The van der Waals surface area contributed by atoms with Crippen molar-refractivity contribution in [3.05, 3.63) is 21.9 Å². The number of aliphatic imine (C=N–C) groups is 1. The summed E-state index contributed by atoms with van der Waals surface area (Å²) in [6.45, 7) is 12.3. The van der Waals surface area contributed by atoms with Gasteiger partial charge in [-0.15, -0.1) is 11.3 Å². The average Bonchev–Trinajstić information content (AvgIpc) is 2.80. The van der Waals surface area contributed by atoms with E-state index in [-0.39, 0.29) is 4.75 Å². The second-order valence-corrected chi connectivity index (χ2v) is 9.14. The minimum absolute atomic E-state index is 0.161. The molecular weight excluding hydrogens is 302 g/mol. The molecule has 0 bridgehead atoms. The van der Waals surface area contributed by atoms with E-state index >= 15 is 0 Å². The fraction of sp³-hybridized carbons (Fsp3) is 0.667. The zero-order valence-electron chi connectivity index (χ0n) is 13.7. The lowest BCUT2D eigenvalue weighted by molar-refractivity contribution is 0.647. The number of guanidine groups is 1. The second-order valence-electron chi connectivity index (χ2n) is 5.81. The van der Waals surface area contributed by atoms with Gasteiger partial charge in [0.15, 0.2) is 5.96 Å². The van der Waals surface area contributed by atoms with Gasteiger partial charge in [-0.3, -0.25) is 4.21 Å². The first kappa shape index (κ1) is 18.2. The molecule has 0 amide bonds. The summed E-state index contributed by atoms with van der Waals surface area (Å²) in [5.41, 5.74) is 1.29. The minimum Gasteiger partial charge on any atom is -0.357 e. The van der Waals surface area contributed by atoms with Gasteiger partial charge in [-0.25, -0.2) is 4.99 Å². The summed E-state index contributed by atoms with van der Waals surface area (Å²) < 4.78 is 11.8. The van der Waals surface area contributed by atoms with Gasteiger partial charge in [0, 0.05) is 39.3 Å². The van der Waals surface area contributed by atoms with Crippen LogP contribution in [0.25, 0.3) is 0 Å². The molecule has 1 heterocycles. The quantitative estimate of drug-likeness (QED) is 0.623. The first-order valence-electron chi connectivity index (χ1n) is 7.28. The molecule has 6 heteroatoms. The zero-order chi connectivity index (χ0) is 15.9. The molecule has 120 valence electrons. The lowest BCUT2D eigenvalue weighted by Crippen LogP contribution is -2.40. The zero-order valence-corrected chi connectivity index (χ0v) is 15.3. The van der Waals surface area contributed by atoms with E-state index in [1.54, 1.807) is 11.3 Å². The molecule has 0 saturated heterocycles. The predicted molar refractivity (Wildman–Crippen MR) is 94.6 cm³/mol. The Morgan fingerprint density at radius 3 is 2.62 bits per heavy atom. The third-order valence-electron chi connectivity index (χ3n) is 2.96. The highest BCUT2D eigenvalue weighted by atomic mass is 32.2. The topological polar surface area (TPSA) is 53.5 Å². The number of hydrogen-bond acceptors (Lipinski definition) is 3. The highest BCUT2D eigenvalue weighted by Gasteiger charge is 2.18. The lowest BCUT2D eigenvalue weighted by Gasteiger charge is -2.18. The van der Waals surface area contributed by atoms with Crippen LogP contribution in [0.4, 0.5) is 0 Å². The summed E-state index contributed by atoms with van der Waals surface area (Å²) >= 11 is 1.73. The molecule has 0 radical (unpaired) electrons. The molecule has 0 aromatic carbocycles. The summed E-state index contributed by atoms with van der Waals surface area (Å²) in [7, 11) is -0.838. The Balaban J connectivity index is 2.50. The van der Waals surface area contributed by atoms with Crippen LogP contribution >= 0.6 is 11.3 Å². The van der Waals surface area contributed by atoms with Gasteiger partial charge in [0.25, 0.3) is 0 Å². The number of hydrogen-bond donors (Lipinski definition) is 2. The van der Waals surface area contributed by atoms with Crippen LogP contribution in [-0.2, 0) is 17.3 Å². The maximum Gasteiger partial charge on any atom is 0.191 e. The SMILES string of the molecule is CCNC(=NCc1sccc1C)NCCS(=O)C(C)(C)C. The van der Waals surface area contributed by atoms with Gasteiger partial charge in [-0.2, -0.15) is 0 Å². The summed E-state index contributed by atoms with van der Waals surface area (Å²) in [6, 6.07) is 2.11. The van der Waals surface area contributed by atoms with Gasteiger partial charge in [-0.05, 0) is 51.6 Å². The summed E-state index contributed by atoms with van der Waals surface area (Å²) in [4.78, 5) is 5.86. The van der Waals surface area contributed by atoms with Crippen molar-refractivity contribution in [2.45, 2.75) is 45.9 Å². The Morgan fingerprint density at radius 1 is 1.38 bits per heavy atom. The van der Waals surface area contributed by atoms with E-state index < -0.39 is 10.8 Å². The molecule has 1 unspecified atom stereocenters. The summed E-state index contributed by atoms with van der Waals surface area (Å²) in [5.74, 6) is 1.42. The first-order chi connectivity index (χ1) is 9.84. The van der Waals surface area contributed by atoms with Crippen LogP contribution in [0.1, 0.15) is 38.1 Å². The average molecular weight is 330 g/mol. The van der Waals surface area contributed by atoms with Gasteiger partial charge < -0.3 is 10.6 Å². The van der Waals surface area contributed by atoms with Crippen molar-refractivity contribution in [2.24, 2.45) is 4.99 Å². The fourth-order valence-electron chi connectivity index (χ4n) is 1.63. The number of nitrogens with one attached hydrogen (secondary N) is 2. The molecule has 1 aromatic heterocycles. The van der Waals surface area contributed by atoms with E-state index in [0.29, 0.717) is 18.8 Å². The maximum atomic E-state index is 12.0. The molecule has 0 aliphatic rings. The van der Waals surface area contributed by atoms with Crippen molar-refractivity contribution < 1.29 is 4.21 Å². The van der Waals surface area contributed by atoms with Gasteiger partial charge >= 0.3 is 0 Å². The molecule has 2 N–H and O–H groups in total. The molecule has 1 atom stereocenters. The van der Waals surface area contributed by atoms with Crippen molar-refractivity contribution in [2.75, 3.05) is 18.8 Å². The molecule has 0 aliphatic heterocycles. The van der Waals surface area contributed by atoms with Gasteiger partial charge in [0.05, 0.1) is 6.54 Å². The summed E-state index contributed by atoms with van der Waals surface area (Å²) in [6.07, 6.45) is 0. The summed E-state index contributed by atoms with van der Waals surface area (Å²) in [5, 5.41) is 8.57. The predicted octanol–water partition coefficient (Wildman–Crippen LogP) is 2.66. The van der Waals surface area contributed by atoms with Crippen LogP contribution in [0.2, 0.25) is 0 Å². The number of rotatable bonds is 6. The molecule has 4 nitrogen and oxygen atoms in total. The van der Waals surface area contributed by atoms with E-state index in [9.17, 15) is 4.21 Å². The highest BCUT2D eigenvalue weighted by molar-refractivity contribution is 7.86. The van der Waals surface area contributed by atoms with Crippen LogP contribution in [0.5, 0.6) is 0 Å². The Hall–Kier alpha value is -0.880. The molecule has 21 heavy (non-hydrogen) atoms. The molecule has 0 fully saturated rings. The van der Waals surface area contributed by atoms with Crippen LogP contribution in [0.15, 0.2) is 16.4 Å². The van der Waals surface area contributed by atoms with E-state index in [1.807, 2.05) is 27.7 Å². The Labute approximate surface area is 134 Å². The first-order valence-corrected chi connectivity index (χ1v) is 9.48. The van der Waals surface area contributed by atoms with E-state index in [2.05, 4.69) is 34.0 Å². The molecule has 0 aliphatic carbocycles. The molecule has 0 spiro atoms. The van der Waals surface area contributed by atoms with Gasteiger partial charge in [0.1, 0.15) is 0 Å². The van der Waals surface area contributed by atoms with E-state index in [1.165, 1.54) is 10.4 Å². The third-order valence-corrected chi connectivity index (χ3v) is 5.90. The Morgan fingerprint density at radius 2 is 2.10 bits per heavy atom. The minimum atomic E-state index is -0.838. The van der Waals surface area contributed by atoms with Crippen molar-refractivity contribution in [3.63, 3.8) is 0 Å². The van der Waals surface area contributed by atoms with Gasteiger partial charge in [0.2, 0.25) is 0 Å². The van der Waals surface area contributed by atoms with Crippen LogP contribution in [-0.4, -0.2) is 33.8 Å². The number of thiophene rings is 1.